The van der Waals surface area contributed by atoms with Crippen molar-refractivity contribution in [3.8, 4) is 5.75 Å². The van der Waals surface area contributed by atoms with Crippen LogP contribution in [0.25, 0.3) is 0 Å². The van der Waals surface area contributed by atoms with Crippen molar-refractivity contribution in [3.63, 3.8) is 0 Å². The highest BCUT2D eigenvalue weighted by Crippen LogP contribution is 2.24. The van der Waals surface area contributed by atoms with E-state index in [9.17, 15) is 4.79 Å². The fourth-order valence-electron chi connectivity index (χ4n) is 3.17. The number of ether oxygens (including phenoxy) is 1. The van der Waals surface area contributed by atoms with Crippen molar-refractivity contribution in [3.05, 3.63) is 29.8 Å². The number of methoxy groups -OCH3 is 1. The van der Waals surface area contributed by atoms with Crippen LogP contribution in [0.3, 0.4) is 0 Å². The molecule has 0 saturated carbocycles. The Hall–Kier alpha value is -1.59. The Balaban J connectivity index is 2.07. The lowest BCUT2D eigenvalue weighted by Crippen LogP contribution is -2.48. The van der Waals surface area contributed by atoms with Gasteiger partial charge in [0.15, 0.2) is 0 Å². The van der Waals surface area contributed by atoms with Crippen LogP contribution < -0.4 is 10.1 Å². The second-order valence-corrected chi connectivity index (χ2v) is 8.17. The first-order valence-electron chi connectivity index (χ1n) is 9.12. The molecule has 25 heavy (non-hydrogen) atoms. The predicted octanol–water partition coefficient (Wildman–Crippen LogP) is 2.54. The van der Waals surface area contributed by atoms with E-state index in [-0.39, 0.29) is 17.4 Å². The highest BCUT2D eigenvalue weighted by Gasteiger charge is 2.25. The van der Waals surface area contributed by atoms with E-state index in [1.165, 1.54) is 5.56 Å². The molecule has 0 bridgehead atoms. The molecule has 0 radical (unpaired) electrons. The number of likely N-dealkylation sites (N-methyl/N-ethyl adjacent to an activating group) is 1. The SMILES string of the molecule is COc1ccc(C(CNC(=O)CC(C)(C)C)N2CCN(C)CC2)cc1. The summed E-state index contributed by atoms with van der Waals surface area (Å²) in [5, 5.41) is 3.15. The highest BCUT2D eigenvalue weighted by atomic mass is 16.5. The van der Waals surface area contributed by atoms with Crippen LogP contribution in [0.1, 0.15) is 38.8 Å². The average molecular weight is 348 g/mol. The molecule has 1 unspecified atom stereocenters. The van der Waals surface area contributed by atoms with Gasteiger partial charge in [-0.2, -0.15) is 0 Å². The molecule has 0 aliphatic carbocycles. The van der Waals surface area contributed by atoms with Gasteiger partial charge in [0, 0.05) is 39.1 Å². The van der Waals surface area contributed by atoms with Crippen LogP contribution in [0.2, 0.25) is 0 Å². The molecular weight excluding hydrogens is 314 g/mol. The zero-order chi connectivity index (χ0) is 18.4. The zero-order valence-corrected chi connectivity index (χ0v) is 16.3. The maximum Gasteiger partial charge on any atom is 0.220 e. The van der Waals surface area contributed by atoms with E-state index >= 15 is 0 Å². The number of nitrogens with zero attached hydrogens (tertiary/aromatic N) is 2. The number of carbonyl (C=O) groups excluding carboxylic acids is 1. The summed E-state index contributed by atoms with van der Waals surface area (Å²) in [6.07, 6.45) is 0.547. The second kappa shape index (κ2) is 8.68. The summed E-state index contributed by atoms with van der Waals surface area (Å²) < 4.78 is 5.27. The number of carbonyl (C=O) groups is 1. The molecule has 1 aliphatic heterocycles. The molecule has 1 fully saturated rings. The fraction of sp³-hybridized carbons (Fsp3) is 0.650. The minimum absolute atomic E-state index is 0.00747. The molecule has 0 aromatic heterocycles. The van der Waals surface area contributed by atoms with Gasteiger partial charge in [-0.1, -0.05) is 32.9 Å². The van der Waals surface area contributed by atoms with Crippen LogP contribution in [0.15, 0.2) is 24.3 Å². The Kier molecular flexibility index (Phi) is 6.85. The van der Waals surface area contributed by atoms with Gasteiger partial charge >= 0.3 is 0 Å². The van der Waals surface area contributed by atoms with Gasteiger partial charge in [-0.05, 0) is 30.2 Å². The van der Waals surface area contributed by atoms with E-state index < -0.39 is 0 Å². The standard InChI is InChI=1S/C20H33N3O2/c1-20(2,3)14-19(24)21-15-18(23-12-10-22(4)11-13-23)16-6-8-17(25-5)9-7-16/h6-9,18H,10-15H2,1-5H3,(H,21,24). The van der Waals surface area contributed by atoms with E-state index in [1.54, 1.807) is 7.11 Å². The van der Waals surface area contributed by atoms with Crippen LogP contribution >= 0.6 is 0 Å². The number of benzene rings is 1. The monoisotopic (exact) mass is 347 g/mol. The number of rotatable bonds is 6. The third-order valence-corrected chi connectivity index (χ3v) is 4.66. The van der Waals surface area contributed by atoms with Gasteiger partial charge < -0.3 is 15.0 Å². The molecule has 1 aromatic carbocycles. The largest absolute Gasteiger partial charge is 0.497 e. The molecule has 1 amide bonds. The van der Waals surface area contributed by atoms with E-state index in [0.717, 1.165) is 31.9 Å². The Labute approximate surface area is 152 Å². The summed E-state index contributed by atoms with van der Waals surface area (Å²) in [5.74, 6) is 0.984. The maximum atomic E-state index is 12.3. The minimum atomic E-state index is 0.00747. The summed E-state index contributed by atoms with van der Waals surface area (Å²) >= 11 is 0. The van der Waals surface area contributed by atoms with Crippen molar-refractivity contribution >= 4 is 5.91 Å². The van der Waals surface area contributed by atoms with Gasteiger partial charge in [0.05, 0.1) is 13.2 Å². The average Bonchev–Trinajstić information content (AvgIpc) is 2.55. The first-order valence-corrected chi connectivity index (χ1v) is 9.12. The Morgan fingerprint density at radius 3 is 2.28 bits per heavy atom. The Bertz CT molecular complexity index is 543. The molecule has 140 valence electrons. The predicted molar refractivity (Wildman–Crippen MR) is 102 cm³/mol. The molecule has 1 heterocycles. The lowest BCUT2D eigenvalue weighted by molar-refractivity contribution is -0.123. The van der Waals surface area contributed by atoms with Crippen LogP contribution in [-0.2, 0) is 4.79 Å². The van der Waals surface area contributed by atoms with E-state index in [4.69, 9.17) is 4.74 Å². The number of hydrogen-bond acceptors (Lipinski definition) is 4. The quantitative estimate of drug-likeness (QED) is 0.859. The minimum Gasteiger partial charge on any atom is -0.497 e. The summed E-state index contributed by atoms with van der Waals surface area (Å²) in [4.78, 5) is 17.1. The van der Waals surface area contributed by atoms with E-state index in [2.05, 4.69) is 55.1 Å². The van der Waals surface area contributed by atoms with Crippen LogP contribution in [0, 0.1) is 5.41 Å². The van der Waals surface area contributed by atoms with Crippen molar-refractivity contribution in [1.29, 1.82) is 0 Å². The molecule has 1 aliphatic rings. The van der Waals surface area contributed by atoms with Crippen molar-refractivity contribution in [2.45, 2.75) is 33.2 Å². The number of amides is 1. The fourth-order valence-corrected chi connectivity index (χ4v) is 3.17. The first-order chi connectivity index (χ1) is 11.8. The molecule has 1 N–H and O–H groups in total. The molecule has 2 rings (SSSR count). The summed E-state index contributed by atoms with van der Waals surface area (Å²) in [7, 11) is 3.84. The van der Waals surface area contributed by atoms with Crippen molar-refractivity contribution in [2.75, 3.05) is 46.9 Å². The molecule has 1 atom stereocenters. The number of nitrogens with one attached hydrogen (secondary N) is 1. The Morgan fingerprint density at radius 1 is 1.16 bits per heavy atom. The van der Waals surface area contributed by atoms with Gasteiger partial charge in [0.1, 0.15) is 5.75 Å². The third kappa shape index (κ3) is 6.33. The maximum absolute atomic E-state index is 12.3. The number of piperazine rings is 1. The topological polar surface area (TPSA) is 44.8 Å². The van der Waals surface area contributed by atoms with Crippen molar-refractivity contribution in [2.24, 2.45) is 5.41 Å². The summed E-state index contributed by atoms with van der Waals surface area (Å²) in [5.41, 5.74) is 1.23. The van der Waals surface area contributed by atoms with Gasteiger partial charge in [-0.25, -0.2) is 0 Å². The number of hydrogen-bond donors (Lipinski definition) is 1. The molecule has 5 nitrogen and oxygen atoms in total. The first kappa shape index (κ1) is 19.7. The smallest absolute Gasteiger partial charge is 0.220 e. The molecule has 1 aromatic rings. The van der Waals surface area contributed by atoms with Gasteiger partial charge in [0.2, 0.25) is 5.91 Å². The Morgan fingerprint density at radius 2 is 1.76 bits per heavy atom. The van der Waals surface area contributed by atoms with Crippen LogP contribution in [-0.4, -0.2) is 62.6 Å². The second-order valence-electron chi connectivity index (χ2n) is 8.17. The molecular formula is C20H33N3O2. The van der Waals surface area contributed by atoms with Gasteiger partial charge in [-0.15, -0.1) is 0 Å². The summed E-state index contributed by atoms with van der Waals surface area (Å²) in [6.45, 7) is 11.1. The van der Waals surface area contributed by atoms with Crippen LogP contribution in [0.5, 0.6) is 5.75 Å². The molecule has 1 saturated heterocycles. The molecule has 5 heteroatoms. The lowest BCUT2D eigenvalue weighted by Gasteiger charge is -2.38. The van der Waals surface area contributed by atoms with E-state index in [0.29, 0.717) is 13.0 Å². The third-order valence-electron chi connectivity index (χ3n) is 4.66. The highest BCUT2D eigenvalue weighted by molar-refractivity contribution is 5.76. The van der Waals surface area contributed by atoms with E-state index in [1.807, 2.05) is 12.1 Å². The lowest BCUT2D eigenvalue weighted by atomic mass is 9.92. The van der Waals surface area contributed by atoms with Crippen LogP contribution in [0.4, 0.5) is 0 Å². The molecule has 0 spiro atoms. The van der Waals surface area contributed by atoms with Gasteiger partial charge in [-0.3, -0.25) is 9.69 Å². The van der Waals surface area contributed by atoms with Crippen molar-refractivity contribution in [1.82, 2.24) is 15.1 Å². The van der Waals surface area contributed by atoms with Crippen molar-refractivity contribution < 1.29 is 9.53 Å². The normalized spacial score (nSPS) is 18.0. The zero-order valence-electron chi connectivity index (χ0n) is 16.3. The summed E-state index contributed by atoms with van der Waals surface area (Å²) in [6, 6.07) is 8.41. The van der Waals surface area contributed by atoms with Gasteiger partial charge in [0.25, 0.3) is 0 Å².